The van der Waals surface area contributed by atoms with Crippen LogP contribution in [0.15, 0.2) is 30.5 Å². The Morgan fingerprint density at radius 1 is 1.29 bits per heavy atom. The van der Waals surface area contributed by atoms with Crippen LogP contribution < -0.4 is 0 Å². The van der Waals surface area contributed by atoms with Crippen molar-refractivity contribution in [2.45, 2.75) is 6.92 Å². The SMILES string of the molecule is Cc1cn(-c2ccc(Cl)cc2)c(F)n1. The Balaban J connectivity index is 2.49. The van der Waals surface area contributed by atoms with Crippen molar-refractivity contribution >= 4 is 11.6 Å². The van der Waals surface area contributed by atoms with Crippen LogP contribution in [-0.2, 0) is 0 Å². The first-order chi connectivity index (χ1) is 6.66. The number of rotatable bonds is 1. The Labute approximate surface area is 86.0 Å². The first-order valence-electron chi connectivity index (χ1n) is 4.14. The summed E-state index contributed by atoms with van der Waals surface area (Å²) in [7, 11) is 0. The third kappa shape index (κ3) is 1.63. The van der Waals surface area contributed by atoms with Gasteiger partial charge in [0.15, 0.2) is 0 Å². The van der Waals surface area contributed by atoms with Crippen LogP contribution in [0.25, 0.3) is 5.69 Å². The van der Waals surface area contributed by atoms with Gasteiger partial charge in [-0.05, 0) is 31.2 Å². The van der Waals surface area contributed by atoms with E-state index in [1.165, 1.54) is 4.57 Å². The van der Waals surface area contributed by atoms with Gasteiger partial charge in [0.05, 0.1) is 5.69 Å². The van der Waals surface area contributed by atoms with Gasteiger partial charge >= 0.3 is 0 Å². The number of aromatic nitrogens is 2. The fourth-order valence-corrected chi connectivity index (χ4v) is 1.38. The maximum Gasteiger partial charge on any atom is 0.293 e. The van der Waals surface area contributed by atoms with Crippen LogP contribution in [0.4, 0.5) is 4.39 Å². The van der Waals surface area contributed by atoms with E-state index in [-0.39, 0.29) is 0 Å². The van der Waals surface area contributed by atoms with Crippen molar-refractivity contribution in [3.05, 3.63) is 47.3 Å². The minimum absolute atomic E-state index is 0.509. The smallest absolute Gasteiger partial charge is 0.276 e. The zero-order valence-electron chi connectivity index (χ0n) is 7.54. The van der Waals surface area contributed by atoms with Crippen LogP contribution in [0.1, 0.15) is 5.69 Å². The summed E-state index contributed by atoms with van der Waals surface area (Å²) in [6, 6.07) is 6.91. The molecule has 0 unspecified atom stereocenters. The van der Waals surface area contributed by atoms with Crippen molar-refractivity contribution in [1.82, 2.24) is 9.55 Å². The van der Waals surface area contributed by atoms with Gasteiger partial charge in [0, 0.05) is 16.9 Å². The highest BCUT2D eigenvalue weighted by Crippen LogP contribution is 2.15. The largest absolute Gasteiger partial charge is 0.293 e. The molecule has 1 aromatic carbocycles. The average Bonchev–Trinajstić information content (AvgIpc) is 2.47. The Bertz CT molecular complexity index is 448. The third-order valence-corrected chi connectivity index (χ3v) is 2.14. The van der Waals surface area contributed by atoms with Gasteiger partial charge in [-0.1, -0.05) is 11.6 Å². The van der Waals surface area contributed by atoms with Gasteiger partial charge < -0.3 is 0 Å². The molecule has 14 heavy (non-hydrogen) atoms. The molecule has 0 spiro atoms. The van der Waals surface area contributed by atoms with Crippen LogP contribution in [0.3, 0.4) is 0 Å². The van der Waals surface area contributed by atoms with Crippen LogP contribution in [0.2, 0.25) is 5.02 Å². The average molecular weight is 211 g/mol. The highest BCUT2D eigenvalue weighted by molar-refractivity contribution is 6.30. The van der Waals surface area contributed by atoms with Crippen molar-refractivity contribution in [3.63, 3.8) is 0 Å². The van der Waals surface area contributed by atoms with Gasteiger partial charge in [0.1, 0.15) is 0 Å². The Morgan fingerprint density at radius 3 is 2.43 bits per heavy atom. The molecule has 0 bridgehead atoms. The van der Waals surface area contributed by atoms with Gasteiger partial charge in [0.25, 0.3) is 6.08 Å². The van der Waals surface area contributed by atoms with E-state index < -0.39 is 6.08 Å². The second-order valence-electron chi connectivity index (χ2n) is 3.00. The summed E-state index contributed by atoms with van der Waals surface area (Å²) >= 11 is 5.73. The first kappa shape index (κ1) is 9.21. The molecular formula is C10H8ClFN2. The number of hydrogen-bond acceptors (Lipinski definition) is 1. The van der Waals surface area contributed by atoms with Crippen molar-refractivity contribution in [3.8, 4) is 5.69 Å². The number of nitrogens with zero attached hydrogens (tertiary/aromatic N) is 2. The molecule has 0 saturated heterocycles. The summed E-state index contributed by atoms with van der Waals surface area (Å²) in [5.41, 5.74) is 1.37. The third-order valence-electron chi connectivity index (χ3n) is 1.89. The lowest BCUT2D eigenvalue weighted by atomic mass is 10.3. The monoisotopic (exact) mass is 210 g/mol. The molecule has 0 N–H and O–H groups in total. The molecule has 4 heteroatoms. The van der Waals surface area contributed by atoms with Gasteiger partial charge in [-0.2, -0.15) is 4.39 Å². The second kappa shape index (κ2) is 3.42. The normalized spacial score (nSPS) is 10.5. The quantitative estimate of drug-likeness (QED) is 0.708. The lowest BCUT2D eigenvalue weighted by Gasteiger charge is -2.01. The zero-order valence-corrected chi connectivity index (χ0v) is 8.29. The number of benzene rings is 1. The molecule has 0 fully saturated rings. The zero-order chi connectivity index (χ0) is 10.1. The lowest BCUT2D eigenvalue weighted by molar-refractivity contribution is 0.522. The van der Waals surface area contributed by atoms with Crippen molar-refractivity contribution in [2.24, 2.45) is 0 Å². The second-order valence-corrected chi connectivity index (χ2v) is 3.43. The van der Waals surface area contributed by atoms with E-state index in [0.717, 1.165) is 0 Å². The highest BCUT2D eigenvalue weighted by atomic mass is 35.5. The van der Waals surface area contributed by atoms with Crippen LogP contribution in [-0.4, -0.2) is 9.55 Å². The predicted molar refractivity (Wildman–Crippen MR) is 53.3 cm³/mol. The lowest BCUT2D eigenvalue weighted by Crippen LogP contribution is -1.95. The molecule has 1 aromatic heterocycles. The molecule has 0 saturated carbocycles. The molecule has 0 aliphatic rings. The molecule has 72 valence electrons. The fourth-order valence-electron chi connectivity index (χ4n) is 1.25. The molecule has 0 radical (unpaired) electrons. The molecule has 2 aromatic rings. The number of imidazole rings is 1. The summed E-state index contributed by atoms with van der Waals surface area (Å²) in [4.78, 5) is 3.67. The summed E-state index contributed by atoms with van der Waals surface area (Å²) in [6.07, 6.45) is 1.13. The molecule has 0 amide bonds. The Kier molecular flexibility index (Phi) is 2.25. The fraction of sp³-hybridized carbons (Fsp3) is 0.100. The van der Waals surface area contributed by atoms with Crippen LogP contribution in [0.5, 0.6) is 0 Å². The highest BCUT2D eigenvalue weighted by Gasteiger charge is 2.05. The standard InChI is InChI=1S/C10H8ClFN2/c1-7-6-14(10(12)13-7)9-4-2-8(11)3-5-9/h2-6H,1H3. The van der Waals surface area contributed by atoms with Gasteiger partial charge in [-0.3, -0.25) is 4.57 Å². The summed E-state index contributed by atoms with van der Waals surface area (Å²) in [5.74, 6) is 0. The molecular weight excluding hydrogens is 203 g/mol. The summed E-state index contributed by atoms with van der Waals surface area (Å²) in [6.45, 7) is 1.75. The molecule has 2 rings (SSSR count). The maximum absolute atomic E-state index is 13.2. The van der Waals surface area contributed by atoms with Crippen molar-refractivity contribution in [2.75, 3.05) is 0 Å². The van der Waals surface area contributed by atoms with Crippen molar-refractivity contribution < 1.29 is 4.39 Å². The minimum atomic E-state index is -0.509. The van der Waals surface area contributed by atoms with E-state index in [4.69, 9.17) is 11.6 Å². The van der Waals surface area contributed by atoms with E-state index in [0.29, 0.717) is 16.4 Å². The number of halogens is 2. The van der Waals surface area contributed by atoms with Crippen LogP contribution >= 0.6 is 11.6 Å². The minimum Gasteiger partial charge on any atom is -0.276 e. The van der Waals surface area contributed by atoms with E-state index in [2.05, 4.69) is 4.98 Å². The number of hydrogen-bond donors (Lipinski definition) is 0. The summed E-state index contributed by atoms with van der Waals surface area (Å²) in [5, 5.41) is 0.631. The van der Waals surface area contributed by atoms with Gasteiger partial charge in [-0.25, -0.2) is 4.98 Å². The number of aryl methyl sites for hydroxylation is 1. The van der Waals surface area contributed by atoms with E-state index >= 15 is 0 Å². The van der Waals surface area contributed by atoms with E-state index in [1.54, 1.807) is 37.4 Å². The van der Waals surface area contributed by atoms with E-state index in [9.17, 15) is 4.39 Å². The van der Waals surface area contributed by atoms with Gasteiger partial charge in [0.2, 0.25) is 0 Å². The van der Waals surface area contributed by atoms with Crippen LogP contribution in [0, 0.1) is 13.0 Å². The molecule has 0 aliphatic carbocycles. The molecule has 0 aliphatic heterocycles. The first-order valence-corrected chi connectivity index (χ1v) is 4.52. The Hall–Kier alpha value is -1.35. The molecule has 1 heterocycles. The van der Waals surface area contributed by atoms with Crippen molar-refractivity contribution in [1.29, 1.82) is 0 Å². The Morgan fingerprint density at radius 2 is 1.93 bits per heavy atom. The predicted octanol–water partition coefficient (Wildman–Crippen LogP) is 2.97. The molecule has 0 atom stereocenters. The topological polar surface area (TPSA) is 17.8 Å². The maximum atomic E-state index is 13.2. The van der Waals surface area contributed by atoms with Gasteiger partial charge in [-0.15, -0.1) is 0 Å². The summed E-state index contributed by atoms with van der Waals surface area (Å²) < 4.78 is 14.6. The molecule has 2 nitrogen and oxygen atoms in total. The van der Waals surface area contributed by atoms with E-state index in [1.807, 2.05) is 0 Å².